The maximum Gasteiger partial charge on any atom is 0.233 e. The van der Waals surface area contributed by atoms with E-state index in [2.05, 4.69) is 37.2 Å². The molecule has 0 radical (unpaired) electrons. The molecule has 156 valence electrons. The van der Waals surface area contributed by atoms with Gasteiger partial charge >= 0.3 is 0 Å². The Labute approximate surface area is 186 Å². The van der Waals surface area contributed by atoms with Crippen molar-refractivity contribution < 1.29 is 18.8 Å². The minimum absolute atomic E-state index is 0.00889. The number of likely N-dealkylation sites (tertiary alicyclic amines) is 1. The van der Waals surface area contributed by atoms with Crippen molar-refractivity contribution in [3.8, 4) is 0 Å². The first-order valence-electron chi connectivity index (χ1n) is 10.1. The first-order chi connectivity index (χ1) is 13.9. The van der Waals surface area contributed by atoms with Crippen LogP contribution in [0.4, 0.5) is 10.1 Å². The lowest BCUT2D eigenvalue weighted by atomic mass is 9.81. The SMILES string of the molecule is O=C(CCCCCN1C(=O)[C@@H]2[C@H]3C[C@@H]([C@@H](Br)[C@@H]3Br)[C@@H]2C1=O)Nc1ccc(F)cc1. The van der Waals surface area contributed by atoms with Gasteiger partial charge in [-0.1, -0.05) is 38.3 Å². The third-order valence-corrected chi connectivity index (χ3v) is 9.70. The van der Waals surface area contributed by atoms with Crippen molar-refractivity contribution in [3.05, 3.63) is 30.1 Å². The van der Waals surface area contributed by atoms with Crippen LogP contribution in [-0.4, -0.2) is 38.8 Å². The molecule has 8 heteroatoms. The molecule has 1 aliphatic heterocycles. The molecular weight excluding hydrogens is 507 g/mol. The molecule has 3 fully saturated rings. The lowest BCUT2D eigenvalue weighted by Gasteiger charge is -2.28. The van der Waals surface area contributed by atoms with E-state index < -0.39 is 0 Å². The highest BCUT2D eigenvalue weighted by Crippen LogP contribution is 2.60. The third-order valence-electron chi connectivity index (χ3n) is 6.49. The number of halogens is 3. The second kappa shape index (κ2) is 8.46. The van der Waals surface area contributed by atoms with Crippen molar-refractivity contribution in [2.75, 3.05) is 11.9 Å². The number of anilines is 1. The highest BCUT2D eigenvalue weighted by atomic mass is 79.9. The van der Waals surface area contributed by atoms with Gasteiger partial charge in [0.25, 0.3) is 0 Å². The van der Waals surface area contributed by atoms with Gasteiger partial charge in [-0.2, -0.15) is 0 Å². The van der Waals surface area contributed by atoms with Gasteiger partial charge in [0.15, 0.2) is 0 Å². The Balaban J connectivity index is 1.20. The second-order valence-corrected chi connectivity index (χ2v) is 10.3. The fourth-order valence-electron chi connectivity index (χ4n) is 5.12. The zero-order chi connectivity index (χ0) is 20.7. The molecule has 3 aliphatic rings. The summed E-state index contributed by atoms with van der Waals surface area (Å²) in [4.78, 5) is 39.6. The standard InChI is InChI=1S/C21H23Br2FN2O3/c22-18-13-10-14(19(18)23)17-16(13)20(28)26(21(17)29)9-3-1-2-4-15(27)25-12-7-5-11(24)6-8-12/h5-8,13-14,16-19H,1-4,9-10H2,(H,25,27)/t13-,14-,16-,17+,18-,19-/m1/s1. The van der Waals surface area contributed by atoms with Crippen LogP contribution >= 0.6 is 31.9 Å². The average Bonchev–Trinajstić information content (AvgIpc) is 3.29. The number of alkyl halides is 2. The van der Waals surface area contributed by atoms with Crippen molar-refractivity contribution in [2.24, 2.45) is 23.7 Å². The van der Waals surface area contributed by atoms with Crippen LogP contribution in [0.2, 0.25) is 0 Å². The van der Waals surface area contributed by atoms with Gasteiger partial charge in [-0.3, -0.25) is 19.3 Å². The van der Waals surface area contributed by atoms with Crippen LogP contribution in [-0.2, 0) is 14.4 Å². The van der Waals surface area contributed by atoms with Crippen molar-refractivity contribution in [2.45, 2.75) is 41.8 Å². The van der Waals surface area contributed by atoms with Crippen LogP contribution in [0.25, 0.3) is 0 Å². The van der Waals surface area contributed by atoms with Gasteiger partial charge in [0, 0.05) is 28.3 Å². The van der Waals surface area contributed by atoms with Crippen LogP contribution in [0.3, 0.4) is 0 Å². The van der Waals surface area contributed by atoms with Crippen molar-refractivity contribution >= 4 is 55.3 Å². The Hall–Kier alpha value is -1.28. The quantitative estimate of drug-likeness (QED) is 0.328. The largest absolute Gasteiger partial charge is 0.326 e. The topological polar surface area (TPSA) is 66.5 Å². The van der Waals surface area contributed by atoms with E-state index in [1.54, 1.807) is 0 Å². The fraction of sp³-hybridized carbons (Fsp3) is 0.571. The Morgan fingerprint density at radius 2 is 1.59 bits per heavy atom. The molecule has 6 atom stereocenters. The van der Waals surface area contributed by atoms with Crippen LogP contribution in [0.15, 0.2) is 24.3 Å². The average molecular weight is 530 g/mol. The smallest absolute Gasteiger partial charge is 0.233 e. The zero-order valence-electron chi connectivity index (χ0n) is 15.8. The molecule has 1 aromatic carbocycles. The number of fused-ring (bicyclic) bond motifs is 5. The van der Waals surface area contributed by atoms with E-state index in [1.807, 2.05) is 0 Å². The van der Waals surface area contributed by atoms with E-state index in [4.69, 9.17) is 0 Å². The summed E-state index contributed by atoms with van der Waals surface area (Å²) < 4.78 is 12.9. The minimum Gasteiger partial charge on any atom is -0.326 e. The molecule has 1 N–H and O–H groups in total. The first-order valence-corrected chi connectivity index (χ1v) is 11.9. The molecule has 1 saturated heterocycles. The summed E-state index contributed by atoms with van der Waals surface area (Å²) >= 11 is 7.39. The zero-order valence-corrected chi connectivity index (χ0v) is 19.0. The maximum atomic E-state index is 12.9. The second-order valence-electron chi connectivity index (χ2n) is 8.20. The van der Waals surface area contributed by atoms with Gasteiger partial charge in [0.1, 0.15) is 5.82 Å². The summed E-state index contributed by atoms with van der Waals surface area (Å²) in [6, 6.07) is 5.65. The highest BCUT2D eigenvalue weighted by Gasteiger charge is 2.66. The summed E-state index contributed by atoms with van der Waals surface area (Å²) in [6.07, 6.45) is 3.43. The number of unbranched alkanes of at least 4 members (excludes halogenated alkanes) is 2. The Morgan fingerprint density at radius 1 is 1.00 bits per heavy atom. The first kappa shape index (κ1) is 21.0. The van der Waals surface area contributed by atoms with E-state index >= 15 is 0 Å². The van der Waals surface area contributed by atoms with E-state index in [0.717, 1.165) is 12.8 Å². The van der Waals surface area contributed by atoms with Gasteiger partial charge < -0.3 is 5.32 Å². The van der Waals surface area contributed by atoms with Crippen LogP contribution < -0.4 is 5.32 Å². The van der Waals surface area contributed by atoms with Crippen molar-refractivity contribution in [1.29, 1.82) is 0 Å². The number of amides is 3. The summed E-state index contributed by atoms with van der Waals surface area (Å²) in [5, 5.41) is 2.73. The molecule has 5 nitrogen and oxygen atoms in total. The van der Waals surface area contributed by atoms with Gasteiger partial charge in [-0.05, 0) is 55.4 Å². The number of nitrogens with one attached hydrogen (secondary N) is 1. The molecule has 0 aromatic heterocycles. The maximum absolute atomic E-state index is 12.9. The molecule has 29 heavy (non-hydrogen) atoms. The van der Waals surface area contributed by atoms with Crippen molar-refractivity contribution in [3.63, 3.8) is 0 Å². The number of carbonyl (C=O) groups excluding carboxylic acids is 3. The molecule has 2 aliphatic carbocycles. The van der Waals surface area contributed by atoms with E-state index in [1.165, 1.54) is 29.2 Å². The Bertz CT molecular complexity index is 787. The molecular formula is C21H23Br2FN2O3. The summed E-state index contributed by atoms with van der Waals surface area (Å²) in [6.45, 7) is 0.434. The summed E-state index contributed by atoms with van der Waals surface area (Å²) in [7, 11) is 0. The van der Waals surface area contributed by atoms with Gasteiger partial charge in [0.2, 0.25) is 17.7 Å². The molecule has 2 saturated carbocycles. The highest BCUT2D eigenvalue weighted by molar-refractivity contribution is 9.12. The van der Waals surface area contributed by atoms with Gasteiger partial charge in [0.05, 0.1) is 11.8 Å². The van der Waals surface area contributed by atoms with Gasteiger partial charge in [-0.15, -0.1) is 0 Å². The number of benzene rings is 1. The van der Waals surface area contributed by atoms with Crippen LogP contribution in [0.5, 0.6) is 0 Å². The van der Waals surface area contributed by atoms with Gasteiger partial charge in [-0.25, -0.2) is 4.39 Å². The fourth-order valence-corrected chi connectivity index (χ4v) is 6.99. The third kappa shape index (κ3) is 3.90. The molecule has 1 aromatic rings. The molecule has 0 unspecified atom stereocenters. The lowest BCUT2D eigenvalue weighted by Crippen LogP contribution is -2.37. The number of imide groups is 1. The molecule has 4 rings (SSSR count). The molecule has 0 spiro atoms. The Morgan fingerprint density at radius 3 is 2.17 bits per heavy atom. The normalized spacial score (nSPS) is 32.7. The number of hydrogen-bond acceptors (Lipinski definition) is 3. The van der Waals surface area contributed by atoms with Crippen molar-refractivity contribution in [1.82, 2.24) is 4.90 Å². The molecule has 1 heterocycles. The summed E-state index contributed by atoms with van der Waals surface area (Å²) in [5.41, 5.74) is 0.570. The molecule has 3 amide bonds. The monoisotopic (exact) mass is 528 g/mol. The predicted molar refractivity (Wildman–Crippen MR) is 114 cm³/mol. The van der Waals surface area contributed by atoms with Crippen LogP contribution in [0, 0.1) is 29.5 Å². The number of nitrogens with zero attached hydrogens (tertiary/aromatic N) is 1. The Kier molecular flexibility index (Phi) is 6.11. The molecule has 2 bridgehead atoms. The van der Waals surface area contributed by atoms with E-state index in [-0.39, 0.29) is 56.9 Å². The number of hydrogen-bond donors (Lipinski definition) is 1. The van der Waals surface area contributed by atoms with E-state index in [0.29, 0.717) is 31.5 Å². The number of rotatable bonds is 7. The predicted octanol–water partition coefficient (Wildman–Crippen LogP) is 4.10. The number of carbonyl (C=O) groups is 3. The summed E-state index contributed by atoms with van der Waals surface area (Å²) in [5.74, 6) is -0.320. The lowest BCUT2D eigenvalue weighted by molar-refractivity contribution is -0.140. The van der Waals surface area contributed by atoms with E-state index in [9.17, 15) is 18.8 Å². The minimum atomic E-state index is -0.343. The van der Waals surface area contributed by atoms with Crippen LogP contribution in [0.1, 0.15) is 32.1 Å².